The molecule has 0 bridgehead atoms. The lowest BCUT2D eigenvalue weighted by Crippen LogP contribution is -2.11. The van der Waals surface area contributed by atoms with Crippen molar-refractivity contribution in [3.63, 3.8) is 0 Å². The van der Waals surface area contributed by atoms with E-state index in [4.69, 9.17) is 16.1 Å². The van der Waals surface area contributed by atoms with E-state index in [-0.39, 0.29) is 6.10 Å². The van der Waals surface area contributed by atoms with Crippen LogP contribution in [0.5, 0.6) is 0 Å². The Hall–Kier alpha value is -1.80. The number of nitrogens with two attached hydrogens (primary N) is 1. The molecule has 1 aromatic heterocycles. The van der Waals surface area contributed by atoms with Gasteiger partial charge in [-0.3, -0.25) is 0 Å². The Balaban J connectivity index is 2.59. The first-order valence-electron chi connectivity index (χ1n) is 4.71. The molecule has 1 atom stereocenters. The third-order valence-electron chi connectivity index (χ3n) is 1.90. The van der Waals surface area contributed by atoms with Crippen molar-refractivity contribution in [3.8, 4) is 6.07 Å². The zero-order chi connectivity index (χ0) is 11.3. The van der Waals surface area contributed by atoms with E-state index in [0.29, 0.717) is 30.0 Å². The van der Waals surface area contributed by atoms with Crippen LogP contribution in [0.4, 0.5) is 11.5 Å². The van der Waals surface area contributed by atoms with E-state index >= 15 is 0 Å². The lowest BCUT2D eigenvalue weighted by Gasteiger charge is -2.09. The number of hydrogen-bond acceptors (Lipinski definition) is 5. The highest BCUT2D eigenvalue weighted by atomic mass is 16.3. The molecular weight excluding hydrogens is 192 g/mol. The number of anilines is 2. The summed E-state index contributed by atoms with van der Waals surface area (Å²) < 4.78 is 0. The van der Waals surface area contributed by atoms with Crippen molar-refractivity contribution < 1.29 is 5.11 Å². The monoisotopic (exact) mass is 206 g/mol. The molecule has 80 valence electrons. The van der Waals surface area contributed by atoms with E-state index in [9.17, 15) is 0 Å². The number of nitrogen functional groups attached to an aromatic ring is 1. The summed E-state index contributed by atoms with van der Waals surface area (Å²) in [7, 11) is 0. The fraction of sp³-hybridized carbons (Fsp3) is 0.400. The molecular formula is C10H14N4O. The molecule has 0 aliphatic carbocycles. The quantitative estimate of drug-likeness (QED) is 0.674. The lowest BCUT2D eigenvalue weighted by molar-refractivity contribution is 0.188. The van der Waals surface area contributed by atoms with E-state index in [0.717, 1.165) is 0 Å². The minimum Gasteiger partial charge on any atom is -0.396 e. The van der Waals surface area contributed by atoms with Gasteiger partial charge in [-0.2, -0.15) is 5.26 Å². The molecule has 1 aromatic rings. The summed E-state index contributed by atoms with van der Waals surface area (Å²) in [6, 6.07) is 3.53. The van der Waals surface area contributed by atoms with Crippen LogP contribution >= 0.6 is 0 Å². The average molecular weight is 206 g/mol. The molecule has 0 saturated heterocycles. The molecule has 1 rings (SSSR count). The van der Waals surface area contributed by atoms with Crippen LogP contribution in [0.2, 0.25) is 0 Å². The molecule has 0 amide bonds. The lowest BCUT2D eigenvalue weighted by atomic mass is 10.2. The first-order chi connectivity index (χ1) is 7.13. The van der Waals surface area contributed by atoms with Crippen LogP contribution < -0.4 is 11.1 Å². The number of rotatable bonds is 4. The molecule has 0 saturated carbocycles. The van der Waals surface area contributed by atoms with Crippen LogP contribution in [0.3, 0.4) is 0 Å². The van der Waals surface area contributed by atoms with Crippen molar-refractivity contribution in [1.29, 1.82) is 5.26 Å². The zero-order valence-electron chi connectivity index (χ0n) is 8.57. The first kappa shape index (κ1) is 11.3. The number of aromatic nitrogens is 1. The summed E-state index contributed by atoms with van der Waals surface area (Å²) in [5.74, 6) is 0.551. The van der Waals surface area contributed by atoms with E-state index in [1.54, 1.807) is 13.0 Å². The topological polar surface area (TPSA) is 95.0 Å². The van der Waals surface area contributed by atoms with Gasteiger partial charge in [-0.15, -0.1) is 0 Å². The van der Waals surface area contributed by atoms with Gasteiger partial charge in [-0.25, -0.2) is 4.98 Å². The van der Waals surface area contributed by atoms with Crippen molar-refractivity contribution >= 4 is 11.5 Å². The number of nitrogens with zero attached hydrogens (tertiary/aromatic N) is 2. The van der Waals surface area contributed by atoms with Crippen molar-refractivity contribution in [3.05, 3.63) is 17.8 Å². The molecule has 0 spiro atoms. The molecule has 1 heterocycles. The van der Waals surface area contributed by atoms with E-state index in [1.807, 2.05) is 6.07 Å². The average Bonchev–Trinajstić information content (AvgIpc) is 2.20. The molecule has 4 N–H and O–H groups in total. The van der Waals surface area contributed by atoms with Crippen LogP contribution in [0.15, 0.2) is 12.3 Å². The Labute approximate surface area is 88.6 Å². The number of nitriles is 1. The maximum absolute atomic E-state index is 9.05. The minimum absolute atomic E-state index is 0.350. The number of aliphatic hydroxyl groups excluding tert-OH is 1. The number of hydrogen-bond donors (Lipinski definition) is 3. The van der Waals surface area contributed by atoms with Crippen molar-refractivity contribution in [2.24, 2.45) is 0 Å². The summed E-state index contributed by atoms with van der Waals surface area (Å²) in [4.78, 5) is 4.01. The Morgan fingerprint density at radius 1 is 1.73 bits per heavy atom. The van der Waals surface area contributed by atoms with E-state index in [1.165, 1.54) is 6.20 Å². The minimum atomic E-state index is -0.350. The van der Waals surface area contributed by atoms with Gasteiger partial charge in [-0.1, -0.05) is 0 Å². The summed E-state index contributed by atoms with van der Waals surface area (Å²) in [6.07, 6.45) is 1.74. The standard InChI is InChI=1S/C10H14N4O/c1-7(15)2-3-13-10-9(12)4-8(5-11)6-14-10/h4,6-7,15H,2-3,12H2,1H3,(H,13,14). The predicted octanol–water partition coefficient (Wildman–Crippen LogP) is 0.718. The summed E-state index contributed by atoms with van der Waals surface area (Å²) in [5, 5.41) is 20.6. The van der Waals surface area contributed by atoms with Crippen LogP contribution in [0, 0.1) is 11.3 Å². The highest BCUT2D eigenvalue weighted by molar-refractivity contribution is 5.62. The molecule has 0 radical (unpaired) electrons. The zero-order valence-corrected chi connectivity index (χ0v) is 8.57. The molecule has 0 aromatic carbocycles. The smallest absolute Gasteiger partial charge is 0.149 e. The van der Waals surface area contributed by atoms with Gasteiger partial charge in [0, 0.05) is 12.7 Å². The Bertz CT molecular complexity index is 370. The molecule has 5 nitrogen and oxygen atoms in total. The van der Waals surface area contributed by atoms with Gasteiger partial charge in [0.2, 0.25) is 0 Å². The van der Waals surface area contributed by atoms with Gasteiger partial charge in [0.25, 0.3) is 0 Å². The largest absolute Gasteiger partial charge is 0.396 e. The molecule has 15 heavy (non-hydrogen) atoms. The van der Waals surface area contributed by atoms with E-state index in [2.05, 4.69) is 10.3 Å². The number of pyridine rings is 1. The Morgan fingerprint density at radius 2 is 2.47 bits per heavy atom. The maximum atomic E-state index is 9.05. The summed E-state index contributed by atoms with van der Waals surface area (Å²) in [5.41, 5.74) is 6.56. The highest BCUT2D eigenvalue weighted by Gasteiger charge is 2.02. The summed E-state index contributed by atoms with van der Waals surface area (Å²) >= 11 is 0. The van der Waals surface area contributed by atoms with Gasteiger partial charge in [0.1, 0.15) is 11.9 Å². The molecule has 1 unspecified atom stereocenters. The molecule has 0 aliphatic rings. The normalized spacial score (nSPS) is 11.8. The Morgan fingerprint density at radius 3 is 3.00 bits per heavy atom. The molecule has 5 heteroatoms. The van der Waals surface area contributed by atoms with Crippen molar-refractivity contribution in [2.75, 3.05) is 17.6 Å². The second-order valence-electron chi connectivity index (χ2n) is 3.34. The highest BCUT2D eigenvalue weighted by Crippen LogP contribution is 2.15. The number of aliphatic hydroxyl groups is 1. The van der Waals surface area contributed by atoms with Crippen LogP contribution in [-0.4, -0.2) is 22.7 Å². The maximum Gasteiger partial charge on any atom is 0.149 e. The fourth-order valence-electron chi connectivity index (χ4n) is 1.09. The van der Waals surface area contributed by atoms with Crippen molar-refractivity contribution in [1.82, 2.24) is 4.98 Å². The molecule has 0 fully saturated rings. The molecule has 0 aliphatic heterocycles. The SMILES string of the molecule is CC(O)CCNc1ncc(C#N)cc1N. The van der Waals surface area contributed by atoms with Gasteiger partial charge in [0.05, 0.1) is 17.4 Å². The third-order valence-corrected chi connectivity index (χ3v) is 1.90. The second-order valence-corrected chi connectivity index (χ2v) is 3.34. The predicted molar refractivity (Wildman–Crippen MR) is 58.2 cm³/mol. The van der Waals surface area contributed by atoms with Crippen LogP contribution in [0.25, 0.3) is 0 Å². The van der Waals surface area contributed by atoms with Gasteiger partial charge in [0.15, 0.2) is 0 Å². The van der Waals surface area contributed by atoms with Gasteiger partial charge >= 0.3 is 0 Å². The number of nitrogens with one attached hydrogen (secondary N) is 1. The first-order valence-corrected chi connectivity index (χ1v) is 4.71. The van der Waals surface area contributed by atoms with Gasteiger partial charge in [-0.05, 0) is 19.4 Å². The van der Waals surface area contributed by atoms with Gasteiger partial charge < -0.3 is 16.2 Å². The van der Waals surface area contributed by atoms with E-state index < -0.39 is 0 Å². The third kappa shape index (κ3) is 3.44. The van der Waals surface area contributed by atoms with Crippen LogP contribution in [0.1, 0.15) is 18.9 Å². The fourth-order valence-corrected chi connectivity index (χ4v) is 1.09. The van der Waals surface area contributed by atoms with Crippen LogP contribution in [-0.2, 0) is 0 Å². The second kappa shape index (κ2) is 5.17. The Kier molecular flexibility index (Phi) is 3.89. The van der Waals surface area contributed by atoms with Crippen molar-refractivity contribution in [2.45, 2.75) is 19.4 Å². The summed E-state index contributed by atoms with van der Waals surface area (Å²) in [6.45, 7) is 2.32.